The van der Waals surface area contributed by atoms with Gasteiger partial charge in [0, 0.05) is 0 Å². The molecule has 2 aliphatic rings. The highest BCUT2D eigenvalue weighted by Gasteiger charge is 2.53. The van der Waals surface area contributed by atoms with Crippen molar-refractivity contribution >= 4 is 11.9 Å². The molecule has 1 saturated carbocycles. The number of hydrogen-bond donors (Lipinski definition) is 1. The zero-order chi connectivity index (χ0) is 10.2. The Balaban J connectivity index is 2.32. The van der Waals surface area contributed by atoms with Gasteiger partial charge in [-0.15, -0.1) is 6.42 Å². The lowest BCUT2D eigenvalue weighted by atomic mass is 9.96. The van der Waals surface area contributed by atoms with E-state index < -0.39 is 5.54 Å². The Morgan fingerprint density at radius 1 is 1.43 bits per heavy atom. The minimum absolute atomic E-state index is 0.171. The van der Waals surface area contributed by atoms with Crippen LogP contribution in [-0.4, -0.2) is 28.9 Å². The zero-order valence-corrected chi connectivity index (χ0v) is 7.88. The summed E-state index contributed by atoms with van der Waals surface area (Å²) in [5, 5.41) is 2.34. The van der Waals surface area contributed by atoms with Crippen LogP contribution in [0.15, 0.2) is 0 Å². The van der Waals surface area contributed by atoms with Gasteiger partial charge in [0.05, 0.1) is 6.54 Å². The van der Waals surface area contributed by atoms with Gasteiger partial charge in [0.15, 0.2) is 0 Å². The van der Waals surface area contributed by atoms with Crippen LogP contribution >= 0.6 is 0 Å². The van der Waals surface area contributed by atoms with Crippen LogP contribution in [0.2, 0.25) is 0 Å². The van der Waals surface area contributed by atoms with Crippen molar-refractivity contribution in [2.24, 2.45) is 0 Å². The molecule has 0 unspecified atom stereocenters. The second kappa shape index (κ2) is 3.02. The monoisotopic (exact) mass is 192 g/mol. The Morgan fingerprint density at radius 2 is 2.07 bits per heavy atom. The largest absolute Gasteiger partial charge is 0.325 e. The number of nitrogens with zero attached hydrogens (tertiary/aromatic N) is 1. The number of carbonyl (C=O) groups is 2. The molecule has 2 fully saturated rings. The molecule has 4 nitrogen and oxygen atoms in total. The first-order valence-electron chi connectivity index (χ1n) is 4.77. The van der Waals surface area contributed by atoms with Crippen molar-refractivity contribution in [3.8, 4) is 12.3 Å². The molecule has 14 heavy (non-hydrogen) atoms. The standard InChI is InChI=1S/C10H12N2O2/c1-2-7-12-9(14)11-8(13)10(12)5-3-4-6-10/h1H,3-7H2,(H,11,13,14). The van der Waals surface area contributed by atoms with E-state index in [2.05, 4.69) is 11.2 Å². The van der Waals surface area contributed by atoms with Crippen molar-refractivity contribution in [1.29, 1.82) is 0 Å². The Hall–Kier alpha value is -1.50. The number of amides is 3. The van der Waals surface area contributed by atoms with Crippen LogP contribution in [-0.2, 0) is 4.79 Å². The summed E-state index contributed by atoms with van der Waals surface area (Å²) in [5.74, 6) is 2.25. The summed E-state index contributed by atoms with van der Waals surface area (Å²) in [6, 6.07) is -0.338. The molecule has 1 heterocycles. The summed E-state index contributed by atoms with van der Waals surface area (Å²) in [4.78, 5) is 24.6. The van der Waals surface area contributed by atoms with E-state index in [0.29, 0.717) is 0 Å². The van der Waals surface area contributed by atoms with Crippen molar-refractivity contribution in [2.75, 3.05) is 6.54 Å². The molecule has 1 N–H and O–H groups in total. The van der Waals surface area contributed by atoms with Gasteiger partial charge in [0.2, 0.25) is 0 Å². The minimum atomic E-state index is -0.622. The normalized spacial score (nSPS) is 24.1. The Labute approximate surface area is 82.6 Å². The van der Waals surface area contributed by atoms with Gasteiger partial charge in [0.25, 0.3) is 5.91 Å². The number of nitrogens with one attached hydrogen (secondary N) is 1. The van der Waals surface area contributed by atoms with Gasteiger partial charge < -0.3 is 0 Å². The van der Waals surface area contributed by atoms with E-state index in [4.69, 9.17) is 6.42 Å². The van der Waals surface area contributed by atoms with E-state index >= 15 is 0 Å². The number of rotatable bonds is 1. The topological polar surface area (TPSA) is 49.4 Å². The summed E-state index contributed by atoms with van der Waals surface area (Å²) in [6.45, 7) is 0.220. The van der Waals surface area contributed by atoms with Gasteiger partial charge in [-0.1, -0.05) is 18.8 Å². The maximum absolute atomic E-state index is 11.7. The predicted octanol–water partition coefficient (Wildman–Crippen LogP) is 0.484. The molecule has 3 amide bonds. The number of hydrogen-bond acceptors (Lipinski definition) is 2. The van der Waals surface area contributed by atoms with Gasteiger partial charge in [-0.05, 0) is 12.8 Å². The first-order chi connectivity index (χ1) is 6.70. The molecule has 0 aromatic rings. The molecule has 4 heteroatoms. The highest BCUT2D eigenvalue weighted by molar-refractivity contribution is 6.07. The molecule has 74 valence electrons. The first kappa shape index (κ1) is 9.07. The first-order valence-corrected chi connectivity index (χ1v) is 4.77. The molecule has 0 bridgehead atoms. The second-order valence-electron chi connectivity index (χ2n) is 3.79. The number of terminal acetylenes is 1. The van der Waals surface area contributed by atoms with E-state index in [1.807, 2.05) is 0 Å². The lowest BCUT2D eigenvalue weighted by molar-refractivity contribution is -0.126. The average Bonchev–Trinajstić information content (AvgIpc) is 2.70. The highest BCUT2D eigenvalue weighted by Crippen LogP contribution is 2.38. The van der Waals surface area contributed by atoms with E-state index in [0.717, 1.165) is 25.7 Å². The molecule has 1 saturated heterocycles. The van der Waals surface area contributed by atoms with E-state index in [1.165, 1.54) is 4.90 Å². The SMILES string of the molecule is C#CCN1C(=O)NC(=O)C12CCCC2. The quantitative estimate of drug-likeness (QED) is 0.485. The lowest BCUT2D eigenvalue weighted by Crippen LogP contribution is -2.47. The molecule has 1 aliphatic carbocycles. The fourth-order valence-corrected chi connectivity index (χ4v) is 2.37. The highest BCUT2D eigenvalue weighted by atomic mass is 16.2. The van der Waals surface area contributed by atoms with Crippen LogP contribution in [0.1, 0.15) is 25.7 Å². The molecule has 0 aromatic carbocycles. The lowest BCUT2D eigenvalue weighted by Gasteiger charge is -2.29. The van der Waals surface area contributed by atoms with E-state index in [-0.39, 0.29) is 18.5 Å². The number of imide groups is 1. The third-order valence-corrected chi connectivity index (χ3v) is 3.09. The number of urea groups is 1. The molecule has 0 radical (unpaired) electrons. The summed E-state index contributed by atoms with van der Waals surface area (Å²) >= 11 is 0. The molecule has 1 aliphatic heterocycles. The summed E-state index contributed by atoms with van der Waals surface area (Å²) in [7, 11) is 0. The molecular formula is C10H12N2O2. The Morgan fingerprint density at radius 3 is 2.64 bits per heavy atom. The Kier molecular flexibility index (Phi) is 1.95. The van der Waals surface area contributed by atoms with Gasteiger partial charge in [0.1, 0.15) is 5.54 Å². The van der Waals surface area contributed by atoms with Crippen LogP contribution < -0.4 is 5.32 Å². The van der Waals surface area contributed by atoms with Crippen molar-refractivity contribution in [3.05, 3.63) is 0 Å². The third kappa shape index (κ3) is 1.02. The maximum Gasteiger partial charge on any atom is 0.325 e. The summed E-state index contributed by atoms with van der Waals surface area (Å²) in [6.07, 6.45) is 8.64. The van der Waals surface area contributed by atoms with Crippen molar-refractivity contribution in [2.45, 2.75) is 31.2 Å². The summed E-state index contributed by atoms with van der Waals surface area (Å²) in [5.41, 5.74) is -0.622. The van der Waals surface area contributed by atoms with Gasteiger partial charge in [-0.25, -0.2) is 4.79 Å². The second-order valence-corrected chi connectivity index (χ2v) is 3.79. The van der Waals surface area contributed by atoms with E-state index in [1.54, 1.807) is 0 Å². The third-order valence-electron chi connectivity index (χ3n) is 3.09. The number of carbonyl (C=O) groups excluding carboxylic acids is 2. The molecule has 2 rings (SSSR count). The van der Waals surface area contributed by atoms with Gasteiger partial charge in [-0.3, -0.25) is 15.0 Å². The fourth-order valence-electron chi connectivity index (χ4n) is 2.37. The molecule has 0 aromatic heterocycles. The smallest absolute Gasteiger partial charge is 0.299 e. The minimum Gasteiger partial charge on any atom is -0.299 e. The fraction of sp³-hybridized carbons (Fsp3) is 0.600. The van der Waals surface area contributed by atoms with Crippen LogP contribution in [0.3, 0.4) is 0 Å². The zero-order valence-electron chi connectivity index (χ0n) is 7.88. The summed E-state index contributed by atoms with van der Waals surface area (Å²) < 4.78 is 0. The van der Waals surface area contributed by atoms with Gasteiger partial charge in [-0.2, -0.15) is 0 Å². The van der Waals surface area contributed by atoms with Crippen LogP contribution in [0, 0.1) is 12.3 Å². The van der Waals surface area contributed by atoms with Crippen molar-refractivity contribution < 1.29 is 9.59 Å². The van der Waals surface area contributed by atoms with Crippen molar-refractivity contribution in [1.82, 2.24) is 10.2 Å². The van der Waals surface area contributed by atoms with Crippen LogP contribution in [0.5, 0.6) is 0 Å². The van der Waals surface area contributed by atoms with Crippen LogP contribution in [0.25, 0.3) is 0 Å². The van der Waals surface area contributed by atoms with Crippen LogP contribution in [0.4, 0.5) is 4.79 Å². The van der Waals surface area contributed by atoms with E-state index in [9.17, 15) is 9.59 Å². The maximum atomic E-state index is 11.7. The molecule has 1 spiro atoms. The van der Waals surface area contributed by atoms with Gasteiger partial charge >= 0.3 is 6.03 Å². The predicted molar refractivity (Wildman–Crippen MR) is 50.3 cm³/mol. The van der Waals surface area contributed by atoms with Crippen molar-refractivity contribution in [3.63, 3.8) is 0 Å². The average molecular weight is 192 g/mol. The molecular weight excluding hydrogens is 180 g/mol. The Bertz CT molecular complexity index is 324. The molecule has 0 atom stereocenters.